The molecule has 0 spiro atoms. The van der Waals surface area contributed by atoms with Crippen LogP contribution in [0.5, 0.6) is 0 Å². The predicted molar refractivity (Wildman–Crippen MR) is 114 cm³/mol. The van der Waals surface area contributed by atoms with Crippen LogP contribution in [0.3, 0.4) is 0 Å². The van der Waals surface area contributed by atoms with E-state index >= 15 is 0 Å². The molecule has 1 aromatic carbocycles. The van der Waals surface area contributed by atoms with Crippen molar-refractivity contribution >= 4 is 27.6 Å². The van der Waals surface area contributed by atoms with Crippen LogP contribution < -0.4 is 16.2 Å². The van der Waals surface area contributed by atoms with E-state index in [-0.39, 0.29) is 18.0 Å². The zero-order valence-corrected chi connectivity index (χ0v) is 18.2. The first-order valence-electron chi connectivity index (χ1n) is 9.47. The second-order valence-corrected chi connectivity index (χ2v) is 8.61. The summed E-state index contributed by atoms with van der Waals surface area (Å²) in [5.41, 5.74) is 1.85. The van der Waals surface area contributed by atoms with Crippen LogP contribution in [0.25, 0.3) is 0 Å². The Morgan fingerprint density at radius 2 is 1.73 bits per heavy atom. The first-order valence-corrected chi connectivity index (χ1v) is 10.9. The lowest BCUT2D eigenvalue weighted by atomic mass is 10.1. The van der Waals surface area contributed by atoms with Crippen LogP contribution in [0.15, 0.2) is 46.2 Å². The predicted octanol–water partition coefficient (Wildman–Crippen LogP) is 1.84. The Labute approximate surface area is 175 Å². The number of sulfonamides is 1. The summed E-state index contributed by atoms with van der Waals surface area (Å²) >= 11 is 0. The monoisotopic (exact) mass is 434 g/mol. The lowest BCUT2D eigenvalue weighted by molar-refractivity contribution is -0.120. The van der Waals surface area contributed by atoms with Crippen LogP contribution >= 0.6 is 0 Å². The molecule has 2 aromatic rings. The Bertz CT molecular complexity index is 1100. The number of amides is 3. The summed E-state index contributed by atoms with van der Waals surface area (Å²) in [5, 5.41) is 4.73. The summed E-state index contributed by atoms with van der Waals surface area (Å²) in [5.74, 6) is -0.753. The highest BCUT2D eigenvalue weighted by molar-refractivity contribution is 7.89. The number of aromatic nitrogens is 1. The van der Waals surface area contributed by atoms with Gasteiger partial charge in [0, 0.05) is 31.0 Å². The molecule has 9 nitrogen and oxygen atoms in total. The molecular weight excluding hydrogens is 408 g/mol. The third-order valence-electron chi connectivity index (χ3n) is 4.72. The molecule has 0 unspecified atom stereocenters. The first-order chi connectivity index (χ1) is 14.1. The number of imide groups is 1. The van der Waals surface area contributed by atoms with Crippen LogP contribution in [0.1, 0.15) is 25.0 Å². The van der Waals surface area contributed by atoms with Gasteiger partial charge in [-0.15, -0.1) is 0 Å². The van der Waals surface area contributed by atoms with Crippen molar-refractivity contribution in [2.75, 3.05) is 18.4 Å². The number of hydrogen-bond donors (Lipinski definition) is 2. The lowest BCUT2D eigenvalue weighted by Crippen LogP contribution is -2.39. The van der Waals surface area contributed by atoms with Crippen molar-refractivity contribution in [1.29, 1.82) is 0 Å². The molecule has 0 radical (unpaired) electrons. The van der Waals surface area contributed by atoms with Gasteiger partial charge in [0.2, 0.25) is 15.9 Å². The van der Waals surface area contributed by atoms with Crippen molar-refractivity contribution in [2.45, 2.75) is 39.1 Å². The Morgan fingerprint density at radius 3 is 2.37 bits per heavy atom. The Morgan fingerprint density at radius 1 is 1.07 bits per heavy atom. The van der Waals surface area contributed by atoms with Gasteiger partial charge in [0.1, 0.15) is 6.54 Å². The van der Waals surface area contributed by atoms with Gasteiger partial charge >= 0.3 is 6.03 Å². The quantitative estimate of drug-likeness (QED) is 0.690. The van der Waals surface area contributed by atoms with Crippen LogP contribution in [0, 0.1) is 13.8 Å². The molecule has 30 heavy (non-hydrogen) atoms. The molecule has 0 saturated heterocycles. The lowest BCUT2D eigenvalue weighted by Gasteiger charge is -2.19. The number of nitrogens with zero attached hydrogens (tertiary/aromatic N) is 2. The smallest absolute Gasteiger partial charge is 0.307 e. The molecule has 0 aliphatic heterocycles. The molecule has 2 rings (SSSR count). The van der Waals surface area contributed by atoms with E-state index in [4.69, 9.17) is 0 Å². The number of hydrogen-bond acceptors (Lipinski definition) is 5. The number of pyridine rings is 1. The molecule has 0 aliphatic rings. The van der Waals surface area contributed by atoms with E-state index in [2.05, 4.69) is 10.6 Å². The maximum atomic E-state index is 12.6. The molecule has 3 amide bonds. The maximum Gasteiger partial charge on any atom is 0.325 e. The van der Waals surface area contributed by atoms with Gasteiger partial charge < -0.3 is 9.88 Å². The van der Waals surface area contributed by atoms with Crippen molar-refractivity contribution in [3.05, 3.63) is 58.0 Å². The molecule has 1 aromatic heterocycles. The number of urea groups is 1. The average molecular weight is 435 g/mol. The molecule has 0 atom stereocenters. The number of rotatable bonds is 7. The van der Waals surface area contributed by atoms with Crippen LogP contribution in [-0.4, -0.2) is 42.3 Å². The molecule has 0 aliphatic carbocycles. The summed E-state index contributed by atoms with van der Waals surface area (Å²) in [6, 6.07) is 6.93. The Balaban J connectivity index is 2.14. The van der Waals surface area contributed by atoms with Gasteiger partial charge in [0.25, 0.3) is 5.56 Å². The van der Waals surface area contributed by atoms with Crippen LogP contribution in [0.2, 0.25) is 0 Å². The molecule has 10 heteroatoms. The molecule has 1 heterocycles. The molecular formula is C20H26N4O5S. The van der Waals surface area contributed by atoms with E-state index in [9.17, 15) is 22.8 Å². The summed E-state index contributed by atoms with van der Waals surface area (Å²) in [4.78, 5) is 36.3. The second-order valence-electron chi connectivity index (χ2n) is 6.67. The minimum absolute atomic E-state index is 0.0987. The van der Waals surface area contributed by atoms with Gasteiger partial charge in [-0.25, -0.2) is 13.2 Å². The number of aryl methyl sites for hydroxylation is 1. The van der Waals surface area contributed by atoms with Gasteiger partial charge in [0.05, 0.1) is 4.90 Å². The number of carbonyl (C=O) groups excluding carboxylic acids is 2. The fourth-order valence-electron chi connectivity index (χ4n) is 2.86. The van der Waals surface area contributed by atoms with Gasteiger partial charge in [0.15, 0.2) is 0 Å². The fourth-order valence-corrected chi connectivity index (χ4v) is 4.34. The number of nitrogens with one attached hydrogen (secondary N) is 2. The van der Waals surface area contributed by atoms with Gasteiger partial charge in [-0.2, -0.15) is 4.31 Å². The zero-order valence-electron chi connectivity index (χ0n) is 17.4. The van der Waals surface area contributed by atoms with E-state index in [0.717, 1.165) is 28.0 Å². The number of carbonyl (C=O) groups is 2. The van der Waals surface area contributed by atoms with E-state index in [1.165, 1.54) is 10.4 Å². The fraction of sp³-hybridized carbons (Fsp3) is 0.350. The molecule has 0 fully saturated rings. The van der Waals surface area contributed by atoms with E-state index in [1.807, 2.05) is 19.9 Å². The van der Waals surface area contributed by atoms with Crippen molar-refractivity contribution < 1.29 is 18.0 Å². The normalized spacial score (nSPS) is 11.4. The Hall–Kier alpha value is -2.98. The van der Waals surface area contributed by atoms with Crippen LogP contribution in [-0.2, 0) is 21.4 Å². The second kappa shape index (κ2) is 9.68. The highest BCUT2D eigenvalue weighted by atomic mass is 32.2. The average Bonchev–Trinajstić information content (AvgIpc) is 2.67. The van der Waals surface area contributed by atoms with E-state index in [0.29, 0.717) is 5.69 Å². The zero-order chi connectivity index (χ0) is 22.5. The third kappa shape index (κ3) is 5.33. The minimum Gasteiger partial charge on any atom is -0.307 e. The van der Waals surface area contributed by atoms with E-state index < -0.39 is 34.1 Å². The van der Waals surface area contributed by atoms with Crippen molar-refractivity contribution in [2.24, 2.45) is 0 Å². The van der Waals surface area contributed by atoms with Gasteiger partial charge in [-0.1, -0.05) is 26.0 Å². The summed E-state index contributed by atoms with van der Waals surface area (Å²) < 4.78 is 27.5. The molecule has 0 bridgehead atoms. The van der Waals surface area contributed by atoms with Crippen molar-refractivity contribution in [3.63, 3.8) is 0 Å². The third-order valence-corrected chi connectivity index (χ3v) is 6.75. The van der Waals surface area contributed by atoms with Gasteiger partial charge in [-0.3, -0.25) is 14.9 Å². The molecule has 0 saturated carbocycles. The minimum atomic E-state index is -3.79. The highest BCUT2D eigenvalue weighted by Gasteiger charge is 2.22. The summed E-state index contributed by atoms with van der Waals surface area (Å²) in [7, 11) is -3.79. The Kier molecular flexibility index (Phi) is 7.52. The van der Waals surface area contributed by atoms with Gasteiger partial charge in [-0.05, 0) is 37.1 Å². The summed E-state index contributed by atoms with van der Waals surface area (Å²) in [6.45, 7) is 7.20. The standard InChI is InChI=1S/C20H26N4O5S/c1-5-24(6-2)30(28,29)16-10-11-19(26)23(12-16)13-18(25)22-20(27)21-17-9-7-8-14(3)15(17)4/h7-12H,5-6,13H2,1-4H3,(H2,21,22,25,27). The molecule has 162 valence electrons. The first kappa shape index (κ1) is 23.3. The highest BCUT2D eigenvalue weighted by Crippen LogP contribution is 2.17. The van der Waals surface area contributed by atoms with Crippen molar-refractivity contribution in [3.8, 4) is 0 Å². The maximum absolute atomic E-state index is 12.6. The largest absolute Gasteiger partial charge is 0.325 e. The van der Waals surface area contributed by atoms with Crippen molar-refractivity contribution in [1.82, 2.24) is 14.2 Å². The number of benzene rings is 1. The number of anilines is 1. The topological polar surface area (TPSA) is 118 Å². The SMILES string of the molecule is CCN(CC)S(=O)(=O)c1ccc(=O)n(CC(=O)NC(=O)Nc2cccc(C)c2C)c1. The van der Waals surface area contributed by atoms with E-state index in [1.54, 1.807) is 26.0 Å². The molecule has 2 N–H and O–H groups in total. The summed E-state index contributed by atoms with van der Waals surface area (Å²) in [6.07, 6.45) is 1.11. The van der Waals surface area contributed by atoms with Crippen LogP contribution in [0.4, 0.5) is 10.5 Å².